The summed E-state index contributed by atoms with van der Waals surface area (Å²) in [5.74, 6) is 0.334. The van der Waals surface area contributed by atoms with E-state index < -0.39 is 15.0 Å². The molecular formula is C51H69N5O9S3. The highest BCUT2D eigenvalue weighted by molar-refractivity contribution is 7.85. The molecule has 0 radical (unpaired) electrons. The van der Waals surface area contributed by atoms with Gasteiger partial charge in [-0.1, -0.05) is 75.7 Å². The van der Waals surface area contributed by atoms with Crippen molar-refractivity contribution >= 4 is 61.7 Å². The molecule has 0 saturated carbocycles. The topological polar surface area (TPSA) is 172 Å². The number of carbonyl (C=O) groups is 2. The Bertz CT molecular complexity index is 2300. The summed E-state index contributed by atoms with van der Waals surface area (Å²) in [7, 11) is -0.816. The second-order valence-electron chi connectivity index (χ2n) is 16.6. The van der Waals surface area contributed by atoms with Crippen LogP contribution in [0.15, 0.2) is 125 Å². The van der Waals surface area contributed by atoms with Crippen molar-refractivity contribution in [2.24, 2.45) is 0 Å². The van der Waals surface area contributed by atoms with Gasteiger partial charge in [-0.05, 0) is 111 Å². The molecule has 0 atom stereocenters. The van der Waals surface area contributed by atoms with Gasteiger partial charge in [0, 0.05) is 80.0 Å². The van der Waals surface area contributed by atoms with E-state index in [0.717, 1.165) is 100 Å². The zero-order valence-electron chi connectivity index (χ0n) is 40.1. The minimum atomic E-state index is -4.27. The Labute approximate surface area is 411 Å². The van der Waals surface area contributed by atoms with Crippen LogP contribution in [0.4, 0.5) is 17.1 Å². The number of likely N-dealkylation sites (tertiary alicyclic amines) is 1. The van der Waals surface area contributed by atoms with Crippen molar-refractivity contribution in [3.05, 3.63) is 140 Å². The fraction of sp³-hybridized carbons (Fsp3) is 0.451. The van der Waals surface area contributed by atoms with Gasteiger partial charge in [0.2, 0.25) is 11.8 Å². The van der Waals surface area contributed by atoms with Crippen LogP contribution in [0.5, 0.6) is 0 Å². The molecule has 5 aromatic rings. The molecular weight excluding hydrogens is 923 g/mol. The van der Waals surface area contributed by atoms with Gasteiger partial charge in [0.15, 0.2) is 0 Å². The van der Waals surface area contributed by atoms with Crippen LogP contribution in [0.3, 0.4) is 0 Å². The average Bonchev–Trinajstić information content (AvgIpc) is 4.09. The third kappa shape index (κ3) is 16.7. The molecule has 3 aromatic carbocycles. The van der Waals surface area contributed by atoms with E-state index in [4.69, 9.17) is 14.0 Å². The summed E-state index contributed by atoms with van der Waals surface area (Å²) in [5, 5.41) is 17.8. The number of ether oxygens (including phenoxy) is 2. The summed E-state index contributed by atoms with van der Waals surface area (Å²) in [4.78, 5) is 44.0. The largest absolute Gasteiger partial charge is 0.382 e. The zero-order chi connectivity index (χ0) is 49.4. The molecule has 0 unspecified atom stereocenters. The molecule has 2 N–H and O–H groups in total. The van der Waals surface area contributed by atoms with Crippen LogP contribution in [0, 0.1) is 10.1 Å². The van der Waals surface area contributed by atoms with Crippen molar-refractivity contribution in [3.8, 4) is 0 Å². The van der Waals surface area contributed by atoms with Gasteiger partial charge in [0.25, 0.3) is 15.8 Å². The van der Waals surface area contributed by atoms with Crippen LogP contribution in [0.2, 0.25) is 0 Å². The highest BCUT2D eigenvalue weighted by Crippen LogP contribution is 2.35. The Morgan fingerprint density at radius 3 is 1.54 bits per heavy atom. The molecule has 0 aliphatic carbocycles. The minimum absolute atomic E-state index is 0.162. The first kappa shape index (κ1) is 55.7. The molecule has 2 fully saturated rings. The third-order valence-corrected chi connectivity index (χ3v) is 14.6. The summed E-state index contributed by atoms with van der Waals surface area (Å²) in [6.45, 7) is 12.1. The summed E-state index contributed by atoms with van der Waals surface area (Å²) in [6, 6.07) is 32.6. The molecule has 4 heterocycles. The standard InChI is InChI=1S/C22H30N2O2S.C16H24N2O2.C7H10S.C6H5NO5S/c1-3-21(25)24(19-8-5-4-6-9-19)22(18-26-2)12-15-23(16-13-22)14-11-20-10-7-17-27-20;1-3-15(19)18(14-7-5-4-6-8-14)16(13-20-2)9-11-17-12-10-16;1-2-4-7-5-3-6-8-7;8-7(9)5-1-3-6(4-2-5)13(10,11)12/h4-10,17H,3,11-16,18H2,1-2H3;4-8,17H,3,9-13H2,1-2H3;3,5-6H,2,4H2,1H3;1-4H,(H,10,11,12). The van der Waals surface area contributed by atoms with Crippen LogP contribution < -0.4 is 15.1 Å². The predicted molar refractivity (Wildman–Crippen MR) is 275 cm³/mol. The molecule has 2 aromatic heterocycles. The Morgan fingerprint density at radius 2 is 1.16 bits per heavy atom. The lowest BCUT2D eigenvalue weighted by molar-refractivity contribution is -0.384. The highest BCUT2D eigenvalue weighted by Gasteiger charge is 2.43. The van der Waals surface area contributed by atoms with Crippen molar-refractivity contribution in [3.63, 3.8) is 0 Å². The number of anilines is 2. The van der Waals surface area contributed by atoms with Crippen molar-refractivity contribution in [1.82, 2.24) is 10.2 Å². The average molecular weight is 992 g/mol. The summed E-state index contributed by atoms with van der Waals surface area (Å²) in [5.41, 5.74) is 1.23. The van der Waals surface area contributed by atoms with Gasteiger partial charge in [-0.15, -0.1) is 22.7 Å². The molecule has 2 aliphatic rings. The monoisotopic (exact) mass is 991 g/mol. The fourth-order valence-electron chi connectivity index (χ4n) is 8.49. The van der Waals surface area contributed by atoms with Crippen molar-refractivity contribution < 1.29 is 37.0 Å². The van der Waals surface area contributed by atoms with E-state index >= 15 is 0 Å². The number of hydrogen-bond donors (Lipinski definition) is 2. The molecule has 2 aliphatic heterocycles. The van der Waals surface area contributed by atoms with Crippen molar-refractivity contribution in [2.75, 3.05) is 70.0 Å². The number of methoxy groups -OCH3 is 2. The second kappa shape index (κ2) is 28.6. The van der Waals surface area contributed by atoms with Gasteiger partial charge in [0.1, 0.15) is 0 Å². The Morgan fingerprint density at radius 1 is 0.706 bits per heavy atom. The highest BCUT2D eigenvalue weighted by atomic mass is 32.2. The Balaban J connectivity index is 0.000000215. The maximum atomic E-state index is 12.9. The maximum Gasteiger partial charge on any atom is 0.294 e. The number of hydrogen-bond acceptors (Lipinski definition) is 12. The van der Waals surface area contributed by atoms with E-state index in [0.29, 0.717) is 26.1 Å². The number of para-hydroxylation sites is 2. The molecule has 68 heavy (non-hydrogen) atoms. The van der Waals surface area contributed by atoms with Crippen molar-refractivity contribution in [1.29, 1.82) is 0 Å². The number of benzene rings is 3. The number of rotatable bonds is 17. The van der Waals surface area contributed by atoms with E-state index in [2.05, 4.69) is 52.2 Å². The number of thiophene rings is 2. The number of nitrogens with one attached hydrogen (secondary N) is 1. The second-order valence-corrected chi connectivity index (χ2v) is 20.1. The van der Waals surface area contributed by atoms with E-state index in [-0.39, 0.29) is 33.5 Å². The summed E-state index contributed by atoms with van der Waals surface area (Å²) < 4.78 is 40.6. The smallest absolute Gasteiger partial charge is 0.294 e. The third-order valence-electron chi connectivity index (χ3n) is 11.9. The SMILES string of the molecule is CCC(=O)N(c1ccccc1)C1(COC)CCN(CCc2cccs2)CC1.CCC(=O)N(c1ccccc1)C1(COC)CCNCC1.CCCc1cccs1.O=[N+]([O-])c1ccc(S(=O)(=O)O)cc1. The Kier molecular flexibility index (Phi) is 23.4. The van der Waals surface area contributed by atoms with Crippen LogP contribution >= 0.6 is 22.7 Å². The molecule has 2 saturated heterocycles. The predicted octanol–water partition coefficient (Wildman–Crippen LogP) is 9.96. The first-order valence-corrected chi connectivity index (χ1v) is 26.4. The van der Waals surface area contributed by atoms with Gasteiger partial charge in [-0.2, -0.15) is 8.42 Å². The first-order valence-electron chi connectivity index (χ1n) is 23.2. The van der Waals surface area contributed by atoms with Crippen LogP contribution in [-0.4, -0.2) is 106 Å². The number of piperidine rings is 2. The quantitative estimate of drug-likeness (QED) is 0.0516. The van der Waals surface area contributed by atoms with Gasteiger partial charge in [0.05, 0.1) is 34.1 Å². The fourth-order valence-corrected chi connectivity index (χ4v) is 10.5. The van der Waals surface area contributed by atoms with Gasteiger partial charge >= 0.3 is 0 Å². The molecule has 0 spiro atoms. The summed E-state index contributed by atoms with van der Waals surface area (Å²) in [6.07, 6.45) is 8.33. The number of non-ortho nitro benzene ring substituents is 1. The molecule has 7 rings (SSSR count). The lowest BCUT2D eigenvalue weighted by Crippen LogP contribution is -2.60. The number of carbonyl (C=O) groups excluding carboxylic acids is 2. The number of amides is 2. The van der Waals surface area contributed by atoms with Crippen LogP contribution in [0.25, 0.3) is 0 Å². The number of nitro groups is 1. The van der Waals surface area contributed by atoms with E-state index in [1.165, 1.54) is 22.6 Å². The number of nitrogens with zero attached hydrogens (tertiary/aromatic N) is 4. The molecule has 2 amide bonds. The lowest BCUT2D eigenvalue weighted by atomic mass is 9.85. The molecule has 370 valence electrons. The van der Waals surface area contributed by atoms with Crippen LogP contribution in [-0.2, 0) is 42.0 Å². The minimum Gasteiger partial charge on any atom is -0.382 e. The molecule has 14 nitrogen and oxygen atoms in total. The van der Waals surface area contributed by atoms with E-state index in [1.807, 2.05) is 107 Å². The number of aryl methyl sites for hydroxylation is 1. The van der Waals surface area contributed by atoms with Crippen molar-refractivity contribution in [2.45, 2.75) is 94.5 Å². The van der Waals surface area contributed by atoms with E-state index in [1.54, 1.807) is 14.2 Å². The summed E-state index contributed by atoms with van der Waals surface area (Å²) >= 11 is 3.68. The molecule has 0 bridgehead atoms. The number of nitro benzene ring substituents is 1. The van der Waals surface area contributed by atoms with Crippen LogP contribution in [0.1, 0.15) is 75.5 Å². The normalized spacial score (nSPS) is 15.2. The van der Waals surface area contributed by atoms with E-state index in [9.17, 15) is 28.1 Å². The van der Waals surface area contributed by atoms with Gasteiger partial charge in [-0.25, -0.2) is 0 Å². The van der Waals surface area contributed by atoms with Gasteiger partial charge < -0.3 is 29.5 Å². The Hall–Kier alpha value is -4.85. The first-order chi connectivity index (χ1) is 32.8. The molecule has 17 heteroatoms. The van der Waals surface area contributed by atoms with Gasteiger partial charge in [-0.3, -0.25) is 24.3 Å². The zero-order valence-corrected chi connectivity index (χ0v) is 42.5. The lowest BCUT2D eigenvalue weighted by Gasteiger charge is -2.48. The maximum absolute atomic E-state index is 12.9.